The first kappa shape index (κ1) is 22.1. The fraction of sp³-hybridized carbons (Fsp3) is 0.455. The van der Waals surface area contributed by atoms with E-state index in [1.54, 1.807) is 28.4 Å². The van der Waals surface area contributed by atoms with Crippen LogP contribution in [0.15, 0.2) is 29.6 Å². The minimum atomic E-state index is -0.258. The van der Waals surface area contributed by atoms with Gasteiger partial charge in [-0.25, -0.2) is 0 Å². The van der Waals surface area contributed by atoms with E-state index in [0.717, 1.165) is 36.8 Å². The zero-order valence-corrected chi connectivity index (χ0v) is 19.1. The van der Waals surface area contributed by atoms with Crippen molar-refractivity contribution < 1.29 is 9.59 Å². The van der Waals surface area contributed by atoms with Gasteiger partial charge in [-0.3, -0.25) is 9.59 Å². The summed E-state index contributed by atoms with van der Waals surface area (Å²) < 4.78 is 0. The van der Waals surface area contributed by atoms with Crippen LogP contribution in [-0.4, -0.2) is 41.2 Å². The Bertz CT molecular complexity index is 883. The number of rotatable bonds is 7. The fourth-order valence-electron chi connectivity index (χ4n) is 3.80. The predicted octanol–water partition coefficient (Wildman–Crippen LogP) is 5.57. The van der Waals surface area contributed by atoms with Crippen molar-refractivity contribution in [1.82, 2.24) is 9.80 Å². The lowest BCUT2D eigenvalue weighted by molar-refractivity contribution is -0.140. The predicted molar refractivity (Wildman–Crippen MR) is 120 cm³/mol. The molecule has 1 aromatic carbocycles. The lowest BCUT2D eigenvalue weighted by Gasteiger charge is -2.38. The maximum absolute atomic E-state index is 13.3. The van der Waals surface area contributed by atoms with Gasteiger partial charge in [-0.1, -0.05) is 49.0 Å². The van der Waals surface area contributed by atoms with Gasteiger partial charge in [0.15, 0.2) is 0 Å². The second-order valence-corrected chi connectivity index (χ2v) is 9.20. The number of amides is 2. The van der Waals surface area contributed by atoms with Crippen molar-refractivity contribution >= 4 is 46.4 Å². The molecule has 1 aliphatic rings. The number of thiophene rings is 1. The Morgan fingerprint density at radius 3 is 2.69 bits per heavy atom. The van der Waals surface area contributed by atoms with E-state index in [2.05, 4.69) is 18.4 Å². The minimum Gasteiger partial charge on any atom is -0.334 e. The quantitative estimate of drug-likeness (QED) is 0.515. The number of unbranched alkanes of at least 4 members (excludes halogenated alkanes) is 2. The largest absolute Gasteiger partial charge is 0.334 e. The molecular weight excluding hydrogens is 427 g/mol. The summed E-state index contributed by atoms with van der Waals surface area (Å²) in [6.45, 7) is 4.96. The molecular formula is C22H26Cl2N2O2S. The van der Waals surface area contributed by atoms with Gasteiger partial charge in [-0.15, -0.1) is 11.3 Å². The third-order valence-electron chi connectivity index (χ3n) is 5.35. The summed E-state index contributed by atoms with van der Waals surface area (Å²) in [5.41, 5.74) is 1.98. The molecule has 7 heteroatoms. The molecule has 0 radical (unpaired) electrons. The third-order valence-corrected chi connectivity index (χ3v) is 6.91. The van der Waals surface area contributed by atoms with Crippen molar-refractivity contribution in [3.8, 4) is 0 Å². The molecule has 4 nitrogen and oxygen atoms in total. The monoisotopic (exact) mass is 452 g/mol. The average Bonchev–Trinajstić information content (AvgIpc) is 3.15. The Labute approximate surface area is 186 Å². The Morgan fingerprint density at radius 1 is 1.21 bits per heavy atom. The highest BCUT2D eigenvalue weighted by Gasteiger charge is 2.34. The molecule has 2 heterocycles. The number of carbonyl (C=O) groups is 2. The van der Waals surface area contributed by atoms with Gasteiger partial charge < -0.3 is 9.80 Å². The van der Waals surface area contributed by atoms with Gasteiger partial charge in [0.1, 0.15) is 0 Å². The van der Waals surface area contributed by atoms with Crippen LogP contribution in [0.1, 0.15) is 55.2 Å². The summed E-state index contributed by atoms with van der Waals surface area (Å²) in [5.74, 6) is -0.117. The van der Waals surface area contributed by atoms with Crippen molar-refractivity contribution in [3.05, 3.63) is 55.7 Å². The highest BCUT2D eigenvalue weighted by atomic mass is 35.5. The molecule has 0 spiro atoms. The Morgan fingerprint density at radius 2 is 2.00 bits per heavy atom. The van der Waals surface area contributed by atoms with E-state index in [1.807, 2.05) is 11.0 Å². The summed E-state index contributed by atoms with van der Waals surface area (Å²) in [6.07, 6.45) is 3.84. The number of benzene rings is 1. The van der Waals surface area contributed by atoms with Gasteiger partial charge in [-0.2, -0.15) is 0 Å². The number of halogens is 2. The molecule has 156 valence electrons. The fourth-order valence-corrected chi connectivity index (χ4v) is 5.21. The molecule has 29 heavy (non-hydrogen) atoms. The van der Waals surface area contributed by atoms with Gasteiger partial charge in [0.25, 0.3) is 0 Å². The molecule has 0 saturated carbocycles. The third kappa shape index (κ3) is 5.14. The van der Waals surface area contributed by atoms with Gasteiger partial charge in [0.2, 0.25) is 11.8 Å². The van der Waals surface area contributed by atoms with Crippen LogP contribution in [0.25, 0.3) is 0 Å². The van der Waals surface area contributed by atoms with E-state index < -0.39 is 0 Å². The zero-order chi connectivity index (χ0) is 21.0. The standard InChI is InChI=1S/C22H26Cl2N2O2S/c1-3-4-5-10-25(15(2)27)14-21(28)26-11-8-20-18(9-12-29-20)22(26)17-7-6-16(23)13-19(17)24/h6-7,9,12-13,22H,3-5,8,10-11,14H2,1-2H3. The summed E-state index contributed by atoms with van der Waals surface area (Å²) in [4.78, 5) is 30.2. The summed E-state index contributed by atoms with van der Waals surface area (Å²) >= 11 is 14.3. The lowest BCUT2D eigenvalue weighted by atomic mass is 9.93. The topological polar surface area (TPSA) is 40.6 Å². The molecule has 0 aliphatic carbocycles. The van der Waals surface area contributed by atoms with Gasteiger partial charge in [0, 0.05) is 34.9 Å². The highest BCUT2D eigenvalue weighted by molar-refractivity contribution is 7.10. The number of carbonyl (C=O) groups excluding carboxylic acids is 2. The second kappa shape index (κ2) is 9.96. The average molecular weight is 453 g/mol. The first-order chi connectivity index (χ1) is 13.9. The Hall–Kier alpha value is -1.56. The smallest absolute Gasteiger partial charge is 0.242 e. The molecule has 2 amide bonds. The van der Waals surface area contributed by atoms with Crippen LogP contribution < -0.4 is 0 Å². The van der Waals surface area contributed by atoms with Crippen molar-refractivity contribution in [1.29, 1.82) is 0 Å². The molecule has 0 fully saturated rings. The molecule has 1 unspecified atom stereocenters. The van der Waals surface area contributed by atoms with Gasteiger partial charge in [0.05, 0.1) is 12.6 Å². The van der Waals surface area contributed by atoms with Crippen molar-refractivity contribution in [2.24, 2.45) is 0 Å². The molecule has 1 aliphatic heterocycles. The van der Waals surface area contributed by atoms with Crippen LogP contribution in [-0.2, 0) is 16.0 Å². The Kier molecular flexibility index (Phi) is 7.60. The summed E-state index contributed by atoms with van der Waals surface area (Å²) in [7, 11) is 0. The van der Waals surface area contributed by atoms with E-state index in [1.165, 1.54) is 11.8 Å². The van der Waals surface area contributed by atoms with Crippen LogP contribution in [0.5, 0.6) is 0 Å². The van der Waals surface area contributed by atoms with E-state index in [0.29, 0.717) is 23.1 Å². The van der Waals surface area contributed by atoms with Crippen molar-refractivity contribution in [3.63, 3.8) is 0 Å². The van der Waals surface area contributed by atoms with E-state index in [-0.39, 0.29) is 24.4 Å². The number of hydrogen-bond donors (Lipinski definition) is 0. The number of fused-ring (bicyclic) bond motifs is 1. The molecule has 0 bridgehead atoms. The number of hydrogen-bond acceptors (Lipinski definition) is 3. The van der Waals surface area contributed by atoms with Crippen LogP contribution in [0, 0.1) is 0 Å². The van der Waals surface area contributed by atoms with E-state index >= 15 is 0 Å². The molecule has 1 aromatic heterocycles. The van der Waals surface area contributed by atoms with E-state index in [9.17, 15) is 9.59 Å². The van der Waals surface area contributed by atoms with Crippen LogP contribution in [0.4, 0.5) is 0 Å². The molecule has 3 rings (SSSR count). The molecule has 0 saturated heterocycles. The number of nitrogens with zero attached hydrogens (tertiary/aromatic N) is 2. The van der Waals surface area contributed by atoms with Gasteiger partial charge in [-0.05, 0) is 47.5 Å². The zero-order valence-electron chi connectivity index (χ0n) is 16.8. The molecule has 0 N–H and O–H groups in total. The first-order valence-corrected chi connectivity index (χ1v) is 11.6. The normalized spacial score (nSPS) is 15.9. The van der Waals surface area contributed by atoms with Crippen molar-refractivity contribution in [2.75, 3.05) is 19.6 Å². The second-order valence-electron chi connectivity index (χ2n) is 7.35. The van der Waals surface area contributed by atoms with Crippen LogP contribution in [0.2, 0.25) is 10.0 Å². The van der Waals surface area contributed by atoms with Crippen LogP contribution in [0.3, 0.4) is 0 Å². The lowest BCUT2D eigenvalue weighted by Crippen LogP contribution is -2.46. The first-order valence-electron chi connectivity index (χ1n) is 9.98. The SMILES string of the molecule is CCCCCN(CC(=O)N1CCc2sccc2C1c1ccc(Cl)cc1Cl)C(C)=O. The maximum atomic E-state index is 13.3. The van der Waals surface area contributed by atoms with Gasteiger partial charge >= 0.3 is 0 Å². The summed E-state index contributed by atoms with van der Waals surface area (Å²) in [5, 5.41) is 3.17. The Balaban J connectivity index is 1.88. The molecule has 2 aromatic rings. The summed E-state index contributed by atoms with van der Waals surface area (Å²) in [6, 6.07) is 7.23. The van der Waals surface area contributed by atoms with Crippen molar-refractivity contribution in [2.45, 2.75) is 45.6 Å². The minimum absolute atomic E-state index is 0.0513. The van der Waals surface area contributed by atoms with Crippen LogP contribution >= 0.6 is 34.5 Å². The molecule has 1 atom stereocenters. The maximum Gasteiger partial charge on any atom is 0.242 e. The van der Waals surface area contributed by atoms with E-state index in [4.69, 9.17) is 23.2 Å². The highest BCUT2D eigenvalue weighted by Crippen LogP contribution is 2.41.